The summed E-state index contributed by atoms with van der Waals surface area (Å²) in [6.45, 7) is 3.69. The number of hydrogen-bond acceptors (Lipinski definition) is 3. The van der Waals surface area contributed by atoms with Crippen LogP contribution in [0, 0.1) is 5.92 Å². The summed E-state index contributed by atoms with van der Waals surface area (Å²) in [5.74, 6) is -1.15. The summed E-state index contributed by atoms with van der Waals surface area (Å²) in [5, 5.41) is 10.1. The number of aliphatic carboxylic acids is 1. The Morgan fingerprint density at radius 3 is 2.33 bits per heavy atom. The number of hydrogen-bond donors (Lipinski definition) is 1. The molecule has 0 saturated carbocycles. The number of carboxylic acids is 1. The first-order valence-corrected chi connectivity index (χ1v) is 3.06. The van der Waals surface area contributed by atoms with E-state index in [1.54, 1.807) is 6.92 Å². The van der Waals surface area contributed by atoms with Crippen LogP contribution in [0.4, 0.5) is 0 Å². The van der Waals surface area contributed by atoms with E-state index >= 15 is 0 Å². The zero-order valence-corrected chi connectivity index (χ0v) is 5.76. The minimum atomic E-state index is -1.16. The molecule has 0 bridgehead atoms. The summed E-state index contributed by atoms with van der Waals surface area (Å²) in [4.78, 5) is 10.1. The van der Waals surface area contributed by atoms with Gasteiger partial charge in [0, 0.05) is 6.04 Å². The van der Waals surface area contributed by atoms with E-state index in [2.05, 4.69) is 0 Å². The maximum Gasteiger partial charge on any atom is 0.0584 e. The molecular formula is C6H12NO2-. The Balaban J connectivity index is 3.72. The molecular weight excluding hydrogens is 118 g/mol. The predicted octanol–water partition coefficient (Wildman–Crippen LogP) is -0.890. The SMILES string of the molecule is CC[C@@H](C)[C@@H](N)C(=O)[O-]. The molecule has 9 heavy (non-hydrogen) atoms. The van der Waals surface area contributed by atoms with Gasteiger partial charge in [0.25, 0.3) is 0 Å². The second-order valence-electron chi connectivity index (χ2n) is 2.23. The van der Waals surface area contributed by atoms with Gasteiger partial charge in [-0.15, -0.1) is 0 Å². The van der Waals surface area contributed by atoms with Crippen molar-refractivity contribution < 1.29 is 9.90 Å². The number of nitrogens with two attached hydrogens (primary N) is 1. The summed E-state index contributed by atoms with van der Waals surface area (Å²) in [6.07, 6.45) is 0.773. The van der Waals surface area contributed by atoms with Crippen molar-refractivity contribution in [2.75, 3.05) is 0 Å². The minimum absolute atomic E-state index is 0.00926. The first kappa shape index (κ1) is 8.43. The summed E-state index contributed by atoms with van der Waals surface area (Å²) >= 11 is 0. The minimum Gasteiger partial charge on any atom is -0.548 e. The van der Waals surface area contributed by atoms with E-state index in [4.69, 9.17) is 5.73 Å². The van der Waals surface area contributed by atoms with Gasteiger partial charge >= 0.3 is 0 Å². The highest BCUT2D eigenvalue weighted by Gasteiger charge is 2.10. The molecule has 0 heterocycles. The third-order valence-electron chi connectivity index (χ3n) is 1.53. The Hall–Kier alpha value is -0.570. The predicted molar refractivity (Wildman–Crippen MR) is 32.4 cm³/mol. The molecule has 54 valence electrons. The van der Waals surface area contributed by atoms with E-state index in [9.17, 15) is 9.90 Å². The van der Waals surface area contributed by atoms with Crippen molar-refractivity contribution in [3.63, 3.8) is 0 Å². The third-order valence-corrected chi connectivity index (χ3v) is 1.53. The van der Waals surface area contributed by atoms with Gasteiger partial charge in [-0.1, -0.05) is 20.3 Å². The first-order chi connectivity index (χ1) is 4.09. The molecule has 3 nitrogen and oxygen atoms in total. The Morgan fingerprint density at radius 1 is 1.78 bits per heavy atom. The van der Waals surface area contributed by atoms with Crippen molar-refractivity contribution >= 4 is 5.97 Å². The van der Waals surface area contributed by atoms with Gasteiger partial charge in [0.15, 0.2) is 0 Å². The van der Waals surface area contributed by atoms with E-state index in [1.807, 2.05) is 6.92 Å². The van der Waals surface area contributed by atoms with Crippen LogP contribution in [0.2, 0.25) is 0 Å². The number of carboxylic acid groups (broad SMARTS) is 1. The van der Waals surface area contributed by atoms with E-state index in [0.717, 1.165) is 6.42 Å². The maximum absolute atomic E-state index is 10.1. The van der Waals surface area contributed by atoms with Gasteiger partial charge in [0.2, 0.25) is 0 Å². The molecule has 0 rings (SSSR count). The summed E-state index contributed by atoms with van der Waals surface area (Å²) in [7, 11) is 0. The number of carbonyl (C=O) groups is 1. The molecule has 0 spiro atoms. The summed E-state index contributed by atoms with van der Waals surface area (Å²) < 4.78 is 0. The van der Waals surface area contributed by atoms with Crippen molar-refractivity contribution in [1.29, 1.82) is 0 Å². The molecule has 0 fully saturated rings. The molecule has 2 N–H and O–H groups in total. The monoisotopic (exact) mass is 130 g/mol. The van der Waals surface area contributed by atoms with Gasteiger partial charge in [-0.05, 0) is 5.92 Å². The van der Waals surface area contributed by atoms with Crippen LogP contribution in [0.15, 0.2) is 0 Å². The Morgan fingerprint density at radius 2 is 2.22 bits per heavy atom. The van der Waals surface area contributed by atoms with Crippen LogP contribution in [-0.4, -0.2) is 12.0 Å². The zero-order chi connectivity index (χ0) is 7.44. The molecule has 0 aliphatic carbocycles. The fourth-order valence-corrected chi connectivity index (χ4v) is 0.486. The van der Waals surface area contributed by atoms with Crippen LogP contribution in [0.3, 0.4) is 0 Å². The normalized spacial score (nSPS) is 16.8. The van der Waals surface area contributed by atoms with E-state index in [0.29, 0.717) is 0 Å². The van der Waals surface area contributed by atoms with Crippen LogP contribution in [0.5, 0.6) is 0 Å². The van der Waals surface area contributed by atoms with Crippen LogP contribution < -0.4 is 10.8 Å². The van der Waals surface area contributed by atoms with Crippen LogP contribution in [0.1, 0.15) is 20.3 Å². The van der Waals surface area contributed by atoms with Crippen LogP contribution in [-0.2, 0) is 4.79 Å². The molecule has 0 aliphatic rings. The Kier molecular flexibility index (Phi) is 3.24. The lowest BCUT2D eigenvalue weighted by atomic mass is 10.0. The van der Waals surface area contributed by atoms with Crippen molar-refractivity contribution in [3.05, 3.63) is 0 Å². The molecule has 0 aromatic rings. The first-order valence-electron chi connectivity index (χ1n) is 3.06. The standard InChI is InChI=1S/C6H13NO2/c1-3-4(2)5(7)6(8)9/h4-5H,3,7H2,1-2H3,(H,8,9)/p-1/t4-,5-/m1/s1. The molecule has 0 aromatic carbocycles. The lowest BCUT2D eigenvalue weighted by Crippen LogP contribution is -2.45. The highest BCUT2D eigenvalue weighted by molar-refractivity contribution is 5.71. The Labute approximate surface area is 54.9 Å². The van der Waals surface area contributed by atoms with Gasteiger partial charge in [-0.25, -0.2) is 0 Å². The molecule has 0 aliphatic heterocycles. The van der Waals surface area contributed by atoms with Gasteiger partial charge in [0.1, 0.15) is 0 Å². The van der Waals surface area contributed by atoms with Crippen molar-refractivity contribution in [2.45, 2.75) is 26.3 Å². The number of rotatable bonds is 3. The average molecular weight is 130 g/mol. The van der Waals surface area contributed by atoms with Gasteiger partial charge in [0.05, 0.1) is 5.97 Å². The fraction of sp³-hybridized carbons (Fsp3) is 0.833. The summed E-state index contributed by atoms with van der Waals surface area (Å²) in [5.41, 5.74) is 5.21. The smallest absolute Gasteiger partial charge is 0.0584 e. The van der Waals surface area contributed by atoms with E-state index in [-0.39, 0.29) is 5.92 Å². The lowest BCUT2D eigenvalue weighted by molar-refractivity contribution is -0.308. The Bertz CT molecular complexity index is 103. The average Bonchev–Trinajstić information content (AvgIpc) is 1.84. The van der Waals surface area contributed by atoms with Crippen LogP contribution >= 0.6 is 0 Å². The highest BCUT2D eigenvalue weighted by atomic mass is 16.4. The lowest BCUT2D eigenvalue weighted by Gasteiger charge is -2.18. The molecule has 0 radical (unpaired) electrons. The highest BCUT2D eigenvalue weighted by Crippen LogP contribution is 2.03. The molecule has 0 amide bonds. The quantitative estimate of drug-likeness (QED) is 0.539. The second-order valence-corrected chi connectivity index (χ2v) is 2.23. The molecule has 0 unspecified atom stereocenters. The number of carbonyl (C=O) groups excluding carboxylic acids is 1. The second kappa shape index (κ2) is 3.45. The fourth-order valence-electron chi connectivity index (χ4n) is 0.486. The molecule has 2 atom stereocenters. The van der Waals surface area contributed by atoms with Crippen molar-refractivity contribution in [1.82, 2.24) is 0 Å². The van der Waals surface area contributed by atoms with E-state index in [1.165, 1.54) is 0 Å². The van der Waals surface area contributed by atoms with Crippen molar-refractivity contribution in [3.8, 4) is 0 Å². The molecule has 0 saturated heterocycles. The van der Waals surface area contributed by atoms with Gasteiger partial charge in [-0.2, -0.15) is 0 Å². The van der Waals surface area contributed by atoms with E-state index < -0.39 is 12.0 Å². The van der Waals surface area contributed by atoms with Crippen molar-refractivity contribution in [2.24, 2.45) is 11.7 Å². The van der Waals surface area contributed by atoms with Gasteiger partial charge in [-0.3, -0.25) is 0 Å². The van der Waals surface area contributed by atoms with Crippen LogP contribution in [0.25, 0.3) is 0 Å². The maximum atomic E-state index is 10.1. The zero-order valence-electron chi connectivity index (χ0n) is 5.76. The third kappa shape index (κ3) is 2.46. The van der Waals surface area contributed by atoms with Gasteiger partial charge < -0.3 is 15.6 Å². The summed E-state index contributed by atoms with van der Waals surface area (Å²) in [6, 6.07) is -0.810. The molecule has 3 heteroatoms. The molecule has 0 aromatic heterocycles. The largest absolute Gasteiger partial charge is 0.548 e. The topological polar surface area (TPSA) is 66.2 Å².